The van der Waals surface area contributed by atoms with Crippen molar-refractivity contribution in [3.05, 3.63) is 213 Å². The molecule has 8 bridgehead atoms. The van der Waals surface area contributed by atoms with Gasteiger partial charge in [0.15, 0.2) is 0 Å². The van der Waals surface area contributed by atoms with Gasteiger partial charge >= 0.3 is 0 Å². The summed E-state index contributed by atoms with van der Waals surface area (Å²) in [6, 6.07) is 36.2. The van der Waals surface area contributed by atoms with Crippen LogP contribution in [0.3, 0.4) is 0 Å². The molecule has 5 aliphatic heterocycles. The highest BCUT2D eigenvalue weighted by atomic mass is 14.9. The van der Waals surface area contributed by atoms with Crippen LogP contribution >= 0.6 is 0 Å². The Morgan fingerprint density at radius 3 is 0.656 bits per heavy atom. The fourth-order valence-corrected chi connectivity index (χ4v) is 9.15. The summed E-state index contributed by atoms with van der Waals surface area (Å²) in [6.45, 7) is 9.00. The van der Waals surface area contributed by atoms with Crippen LogP contribution < -0.4 is 0 Å². The van der Waals surface area contributed by atoms with Crippen molar-refractivity contribution in [1.82, 2.24) is 0 Å². The second-order valence-electron chi connectivity index (χ2n) is 17.6. The number of hydrogen-bond acceptors (Lipinski definition) is 4. The Bertz CT molecular complexity index is 2390. The zero-order valence-electron chi connectivity index (χ0n) is 38.1. The lowest BCUT2D eigenvalue weighted by atomic mass is 9.96. The van der Waals surface area contributed by atoms with Crippen LogP contribution in [0.5, 0.6) is 0 Å². The van der Waals surface area contributed by atoms with Gasteiger partial charge in [-0.15, -0.1) is 0 Å². The quantitative estimate of drug-likeness (QED) is 0.108. The van der Waals surface area contributed by atoms with Crippen LogP contribution in [-0.4, -0.2) is 22.8 Å². The summed E-state index contributed by atoms with van der Waals surface area (Å²) in [4.78, 5) is 22.1. The van der Waals surface area contributed by atoms with Gasteiger partial charge in [0, 0.05) is 22.3 Å². The number of allylic oxidation sites excluding steroid dienone is 12. The monoisotopic (exact) mass is 836 g/mol. The van der Waals surface area contributed by atoms with Gasteiger partial charge in [-0.25, -0.2) is 20.0 Å². The molecule has 320 valence electrons. The summed E-state index contributed by atoms with van der Waals surface area (Å²) in [5.41, 5.74) is 21.0. The maximum Gasteiger partial charge on any atom is 0.0738 e. The van der Waals surface area contributed by atoms with E-state index < -0.39 is 0 Å². The Morgan fingerprint density at radius 1 is 0.266 bits per heavy atom. The lowest BCUT2D eigenvalue weighted by Crippen LogP contribution is -2.04. The maximum absolute atomic E-state index is 5.52. The first-order valence-corrected chi connectivity index (χ1v) is 24.0. The largest absolute Gasteiger partial charge is 0.248 e. The Hall–Kier alpha value is -6.52. The van der Waals surface area contributed by atoms with Gasteiger partial charge in [0.2, 0.25) is 0 Å². The molecule has 0 radical (unpaired) electrons. The van der Waals surface area contributed by atoms with E-state index in [1.807, 2.05) is 0 Å². The molecule has 4 nitrogen and oxygen atoms in total. The minimum absolute atomic E-state index is 0.892. The zero-order valence-corrected chi connectivity index (χ0v) is 38.1. The molecule has 0 amide bonds. The molecule has 4 aromatic carbocycles. The van der Waals surface area contributed by atoms with Crippen molar-refractivity contribution in [2.75, 3.05) is 0 Å². The van der Waals surface area contributed by atoms with Crippen LogP contribution in [0.25, 0.3) is 22.3 Å². The number of nitrogens with zero attached hydrogens (tertiary/aromatic N) is 4. The SMILES string of the molecule is CCCCc1ccc(C2=C3C=CC(=N3)C(c3ccc(CCCC)cc3)=C3C=CC(=N3)C(c3ccc(CCCC)cc3)=C3C=CC(=N3)C(c3ccc(CCCC)cc3)=C3C=CC2=N3)cc1. The van der Waals surface area contributed by atoms with E-state index >= 15 is 0 Å². The average molecular weight is 837 g/mol. The Morgan fingerprint density at radius 2 is 0.469 bits per heavy atom. The molecule has 0 N–H and O–H groups in total. The number of benzene rings is 4. The molecule has 4 heteroatoms. The van der Waals surface area contributed by atoms with E-state index in [-0.39, 0.29) is 0 Å². The fourth-order valence-electron chi connectivity index (χ4n) is 9.15. The van der Waals surface area contributed by atoms with E-state index in [2.05, 4.69) is 173 Å². The van der Waals surface area contributed by atoms with Crippen molar-refractivity contribution in [2.45, 2.75) is 105 Å². The molecule has 5 heterocycles. The summed E-state index contributed by atoms with van der Waals surface area (Å²) in [7, 11) is 0. The van der Waals surface area contributed by atoms with Crippen molar-refractivity contribution in [3.63, 3.8) is 0 Å². The van der Waals surface area contributed by atoms with E-state index in [1.165, 1.54) is 73.6 Å². The highest BCUT2D eigenvalue weighted by Gasteiger charge is 2.28. The highest BCUT2D eigenvalue weighted by molar-refractivity contribution is 6.39. The lowest BCUT2D eigenvalue weighted by Gasteiger charge is -2.13. The van der Waals surface area contributed by atoms with Crippen LogP contribution in [0.1, 0.15) is 124 Å². The minimum Gasteiger partial charge on any atom is -0.248 e. The Balaban J connectivity index is 1.28. The highest BCUT2D eigenvalue weighted by Crippen LogP contribution is 2.39. The van der Waals surface area contributed by atoms with Gasteiger partial charge in [-0.3, -0.25) is 0 Å². The number of hydrogen-bond donors (Lipinski definition) is 0. The standard InChI is InChI=1S/C60H60N4/c1-5-9-13-41-17-25-45(26-18-41)57-49-33-35-51(61-49)58(46-27-19-42(20-28-46)14-10-6-2)53-37-39-55(63-53)60(48-31-23-44(24-32-48)16-12-8-4)56-40-38-54(64-56)59(52-36-34-50(57)62-52)47-29-21-43(22-30-47)15-11-7-3/h17-40H,5-16H2,1-4H3. The van der Waals surface area contributed by atoms with Crippen molar-refractivity contribution >= 4 is 45.1 Å². The molecular formula is C60H60N4. The summed E-state index contributed by atoms with van der Waals surface area (Å²) in [6.07, 6.45) is 31.0. The van der Waals surface area contributed by atoms with Crippen molar-refractivity contribution in [3.8, 4) is 0 Å². The molecule has 0 spiro atoms. The third-order valence-corrected chi connectivity index (χ3v) is 12.9. The molecule has 0 saturated carbocycles. The van der Waals surface area contributed by atoms with Gasteiger partial charge < -0.3 is 0 Å². The number of unbranched alkanes of at least 4 members (excludes halogenated alkanes) is 4. The first-order valence-electron chi connectivity index (χ1n) is 24.0. The second-order valence-corrected chi connectivity index (χ2v) is 17.6. The van der Waals surface area contributed by atoms with Crippen LogP contribution in [0.15, 0.2) is 188 Å². The van der Waals surface area contributed by atoms with Crippen molar-refractivity contribution < 1.29 is 0 Å². The third kappa shape index (κ3) is 9.24. The van der Waals surface area contributed by atoms with E-state index in [0.29, 0.717) is 0 Å². The molecule has 0 aromatic heterocycles. The van der Waals surface area contributed by atoms with Gasteiger partial charge in [0.05, 0.1) is 45.6 Å². The normalized spacial score (nSPS) is 16.4. The van der Waals surface area contributed by atoms with Crippen molar-refractivity contribution in [1.29, 1.82) is 0 Å². The topological polar surface area (TPSA) is 49.4 Å². The van der Waals surface area contributed by atoms with Crippen LogP contribution in [0.2, 0.25) is 0 Å². The molecular weight excluding hydrogens is 777 g/mol. The van der Waals surface area contributed by atoms with Crippen molar-refractivity contribution in [2.24, 2.45) is 20.0 Å². The minimum atomic E-state index is 0.892. The Kier molecular flexibility index (Phi) is 13.3. The zero-order chi connectivity index (χ0) is 43.8. The maximum atomic E-state index is 5.52. The van der Waals surface area contributed by atoms with E-state index in [4.69, 9.17) is 20.0 Å². The molecule has 64 heavy (non-hydrogen) atoms. The molecule has 0 aliphatic carbocycles. The van der Waals surface area contributed by atoms with Crippen LogP contribution in [0, 0.1) is 0 Å². The fraction of sp³-hybridized carbons (Fsp3) is 0.267. The molecule has 4 aromatic rings. The van der Waals surface area contributed by atoms with E-state index in [9.17, 15) is 0 Å². The number of rotatable bonds is 16. The predicted octanol–water partition coefficient (Wildman–Crippen LogP) is 15.1. The molecule has 0 unspecified atom stereocenters. The summed E-state index contributed by atoms with van der Waals surface area (Å²) >= 11 is 0. The van der Waals surface area contributed by atoms with E-state index in [0.717, 1.165) is 116 Å². The molecule has 0 fully saturated rings. The van der Waals surface area contributed by atoms with Gasteiger partial charge in [0.25, 0.3) is 0 Å². The molecule has 9 rings (SSSR count). The molecule has 0 atom stereocenters. The van der Waals surface area contributed by atoms with Gasteiger partial charge in [-0.05, 0) is 144 Å². The first kappa shape index (κ1) is 42.8. The van der Waals surface area contributed by atoms with Crippen LogP contribution in [0.4, 0.5) is 0 Å². The second kappa shape index (κ2) is 19.9. The smallest absolute Gasteiger partial charge is 0.0738 e. The summed E-state index contributed by atoms with van der Waals surface area (Å²) in [5, 5.41) is 0. The number of aryl methyl sites for hydroxylation is 4. The number of aliphatic imine (C=N–C) groups is 4. The first-order chi connectivity index (χ1) is 31.5. The predicted molar refractivity (Wildman–Crippen MR) is 274 cm³/mol. The molecule has 5 aliphatic rings. The lowest BCUT2D eigenvalue weighted by molar-refractivity contribution is 0.795. The molecule has 0 saturated heterocycles. The van der Waals surface area contributed by atoms with Gasteiger partial charge in [0.1, 0.15) is 0 Å². The average Bonchev–Trinajstić information content (AvgIpc) is 4.19. The Labute approximate surface area is 381 Å². The summed E-state index contributed by atoms with van der Waals surface area (Å²) < 4.78 is 0. The summed E-state index contributed by atoms with van der Waals surface area (Å²) in [5.74, 6) is 0. The van der Waals surface area contributed by atoms with Gasteiger partial charge in [-0.1, -0.05) is 150 Å². The van der Waals surface area contributed by atoms with Gasteiger partial charge in [-0.2, -0.15) is 0 Å². The van der Waals surface area contributed by atoms with E-state index in [1.54, 1.807) is 0 Å². The number of fused-ring (bicyclic) bond motifs is 4. The third-order valence-electron chi connectivity index (χ3n) is 12.9. The van der Waals surface area contributed by atoms with Crippen LogP contribution in [-0.2, 0) is 25.7 Å².